The van der Waals surface area contributed by atoms with Crippen LogP contribution in [-0.2, 0) is 9.59 Å². The van der Waals surface area contributed by atoms with Gasteiger partial charge in [0, 0.05) is 25.7 Å². The van der Waals surface area contributed by atoms with Crippen LogP contribution >= 0.6 is 0 Å². The van der Waals surface area contributed by atoms with Gasteiger partial charge in [-0.1, -0.05) is 44.8 Å². The van der Waals surface area contributed by atoms with Gasteiger partial charge in [0.25, 0.3) is 0 Å². The maximum atomic E-state index is 12.1. The largest absolute Gasteiger partial charge is 0.481 e. The Morgan fingerprint density at radius 1 is 0.926 bits per heavy atom. The highest BCUT2D eigenvalue weighted by molar-refractivity contribution is 5.78. The van der Waals surface area contributed by atoms with Crippen LogP contribution in [-0.4, -0.2) is 39.3 Å². The molecule has 0 unspecified atom stereocenters. The third kappa shape index (κ3) is 9.87. The first-order valence-corrected chi connectivity index (χ1v) is 10.4. The number of carboxylic acid groups (broad SMARTS) is 1. The molecule has 2 atom stereocenters. The van der Waals surface area contributed by atoms with Gasteiger partial charge in [0.2, 0.25) is 0 Å². The molecule has 0 bridgehead atoms. The number of aliphatic hydroxyl groups is 2. The molecule has 0 aromatic heterocycles. The summed E-state index contributed by atoms with van der Waals surface area (Å²) < 4.78 is 0. The van der Waals surface area contributed by atoms with Crippen LogP contribution in [0, 0.1) is 0 Å². The predicted molar refractivity (Wildman–Crippen MR) is 107 cm³/mol. The third-order valence-corrected chi connectivity index (χ3v) is 5.16. The average molecular weight is 381 g/mol. The number of unbranched alkanes of at least 4 members (excludes halogenated alkanes) is 5. The minimum atomic E-state index is -0.794. The fourth-order valence-electron chi connectivity index (χ4n) is 3.54. The number of aliphatic carboxylic acids is 1. The Morgan fingerprint density at radius 3 is 2.33 bits per heavy atom. The average Bonchev–Trinajstić information content (AvgIpc) is 2.88. The predicted octanol–water partition coefficient (Wildman–Crippen LogP) is 4.32. The molecule has 0 radical (unpaired) electrons. The summed E-state index contributed by atoms with van der Waals surface area (Å²) in [4.78, 5) is 22.6. The monoisotopic (exact) mass is 380 g/mol. The molecule has 3 N–H and O–H groups in total. The molecule has 0 saturated heterocycles. The van der Waals surface area contributed by atoms with Crippen molar-refractivity contribution in [3.8, 4) is 0 Å². The van der Waals surface area contributed by atoms with Crippen LogP contribution in [0.25, 0.3) is 0 Å². The van der Waals surface area contributed by atoms with E-state index >= 15 is 0 Å². The molecule has 1 rings (SSSR count). The lowest BCUT2D eigenvalue weighted by Crippen LogP contribution is -2.09. The molecule has 1 aliphatic rings. The van der Waals surface area contributed by atoms with E-state index in [-0.39, 0.29) is 12.2 Å². The first kappa shape index (κ1) is 23.6. The minimum Gasteiger partial charge on any atom is -0.481 e. The lowest BCUT2D eigenvalue weighted by molar-refractivity contribution is -0.137. The van der Waals surface area contributed by atoms with E-state index in [0.29, 0.717) is 44.9 Å². The molecule has 5 nitrogen and oxygen atoms in total. The van der Waals surface area contributed by atoms with E-state index in [4.69, 9.17) is 5.11 Å². The van der Waals surface area contributed by atoms with Crippen LogP contribution in [0.15, 0.2) is 23.3 Å². The Balaban J connectivity index is 2.42. The highest BCUT2D eigenvalue weighted by Gasteiger charge is 2.30. The second kappa shape index (κ2) is 13.7. The van der Waals surface area contributed by atoms with Gasteiger partial charge in [-0.3, -0.25) is 9.59 Å². The lowest BCUT2D eigenvalue weighted by Gasteiger charge is -2.10. The summed E-state index contributed by atoms with van der Waals surface area (Å²) in [5.74, 6) is -0.561. The number of aliphatic hydroxyl groups excluding tert-OH is 2. The molecule has 5 heteroatoms. The van der Waals surface area contributed by atoms with E-state index in [9.17, 15) is 19.8 Å². The molecule has 154 valence electrons. The molecule has 0 aromatic carbocycles. The molecular formula is C22H36O5. The fraction of sp³-hybridized carbons (Fsp3) is 0.727. The third-order valence-electron chi connectivity index (χ3n) is 5.16. The maximum Gasteiger partial charge on any atom is 0.303 e. The van der Waals surface area contributed by atoms with Crippen LogP contribution in [0.3, 0.4) is 0 Å². The second-order valence-corrected chi connectivity index (χ2v) is 7.48. The Labute approximate surface area is 163 Å². The van der Waals surface area contributed by atoms with E-state index in [0.717, 1.165) is 24.0 Å². The molecular weight excluding hydrogens is 344 g/mol. The number of allylic oxidation sites excluding steroid dienone is 2. The van der Waals surface area contributed by atoms with E-state index in [1.807, 2.05) is 12.2 Å². The van der Waals surface area contributed by atoms with Crippen LogP contribution in [0.1, 0.15) is 90.4 Å². The van der Waals surface area contributed by atoms with Crippen molar-refractivity contribution in [3.05, 3.63) is 23.3 Å². The van der Waals surface area contributed by atoms with Gasteiger partial charge >= 0.3 is 5.97 Å². The van der Waals surface area contributed by atoms with E-state index in [2.05, 4.69) is 6.92 Å². The van der Waals surface area contributed by atoms with Gasteiger partial charge < -0.3 is 15.3 Å². The lowest BCUT2D eigenvalue weighted by atomic mass is 9.98. The summed E-state index contributed by atoms with van der Waals surface area (Å²) in [6.07, 6.45) is 12.0. The summed E-state index contributed by atoms with van der Waals surface area (Å²) in [7, 11) is 0. The van der Waals surface area contributed by atoms with Gasteiger partial charge in [0.15, 0.2) is 0 Å². The molecule has 0 saturated carbocycles. The number of hydrogen-bond donors (Lipinski definition) is 3. The van der Waals surface area contributed by atoms with Crippen molar-refractivity contribution in [2.75, 3.05) is 0 Å². The van der Waals surface area contributed by atoms with Crippen molar-refractivity contribution in [1.82, 2.24) is 0 Å². The number of Topliss-reactive ketones (excluding diaryl/α,β-unsaturated/α-hetero) is 1. The molecule has 0 fully saturated rings. The van der Waals surface area contributed by atoms with Crippen molar-refractivity contribution >= 4 is 11.8 Å². The summed E-state index contributed by atoms with van der Waals surface area (Å²) in [5, 5.41) is 29.0. The highest BCUT2D eigenvalue weighted by Crippen LogP contribution is 2.33. The number of carboxylic acids is 1. The summed E-state index contributed by atoms with van der Waals surface area (Å²) >= 11 is 0. The minimum absolute atomic E-state index is 0.153. The summed E-state index contributed by atoms with van der Waals surface area (Å²) in [6, 6.07) is 0. The molecule has 1 aliphatic carbocycles. The normalized spacial score (nSPS) is 20.0. The quantitative estimate of drug-likeness (QED) is 0.290. The molecule has 0 amide bonds. The van der Waals surface area contributed by atoms with Crippen molar-refractivity contribution in [2.45, 2.75) is 103 Å². The van der Waals surface area contributed by atoms with E-state index in [1.165, 1.54) is 19.3 Å². The van der Waals surface area contributed by atoms with Crippen molar-refractivity contribution in [3.63, 3.8) is 0 Å². The second-order valence-electron chi connectivity index (χ2n) is 7.48. The Kier molecular flexibility index (Phi) is 11.9. The van der Waals surface area contributed by atoms with Crippen LogP contribution in [0.4, 0.5) is 0 Å². The van der Waals surface area contributed by atoms with Crippen LogP contribution in [0.2, 0.25) is 0 Å². The molecule has 0 heterocycles. The molecule has 0 spiro atoms. The molecule has 0 aliphatic heterocycles. The van der Waals surface area contributed by atoms with Gasteiger partial charge in [-0.15, -0.1) is 0 Å². The number of carbonyl (C=O) groups excluding carboxylic acids is 1. The Bertz CT molecular complexity index is 521. The first-order chi connectivity index (χ1) is 13.0. The number of hydrogen-bond acceptors (Lipinski definition) is 4. The van der Waals surface area contributed by atoms with Gasteiger partial charge in [0.1, 0.15) is 5.78 Å². The summed E-state index contributed by atoms with van der Waals surface area (Å²) in [6.45, 7) is 2.17. The Morgan fingerprint density at radius 2 is 1.63 bits per heavy atom. The maximum absolute atomic E-state index is 12.1. The molecule has 0 aromatic rings. The van der Waals surface area contributed by atoms with Gasteiger partial charge in [0.05, 0.1) is 12.2 Å². The fourth-order valence-corrected chi connectivity index (χ4v) is 3.54. The van der Waals surface area contributed by atoms with Crippen molar-refractivity contribution < 1.29 is 24.9 Å². The van der Waals surface area contributed by atoms with Gasteiger partial charge in [-0.25, -0.2) is 0 Å². The van der Waals surface area contributed by atoms with Gasteiger partial charge in [-0.2, -0.15) is 0 Å². The topological polar surface area (TPSA) is 94.8 Å². The zero-order valence-corrected chi connectivity index (χ0v) is 16.7. The zero-order valence-electron chi connectivity index (χ0n) is 16.7. The summed E-state index contributed by atoms with van der Waals surface area (Å²) in [5.41, 5.74) is 1.64. The Hall–Kier alpha value is -1.46. The number of ketones is 1. The smallest absolute Gasteiger partial charge is 0.303 e. The standard InChI is InChI=1S/C22H36O5/c1-2-3-4-5-8-11-17(23)14-15-19-18(20(24)16-21(19)25)12-9-6-7-10-13-22(26)27/h6,9,20-21,24-25H,2-5,7-8,10-16H2,1H3,(H,26,27)/b9-6-/t20-,21+/m0/s1. The number of rotatable bonds is 15. The zero-order chi connectivity index (χ0) is 20.1. The number of carbonyl (C=O) groups is 2. The van der Waals surface area contributed by atoms with Gasteiger partial charge in [-0.05, 0) is 43.3 Å². The van der Waals surface area contributed by atoms with Crippen LogP contribution < -0.4 is 0 Å². The van der Waals surface area contributed by atoms with Crippen LogP contribution in [0.5, 0.6) is 0 Å². The molecule has 27 heavy (non-hydrogen) atoms. The highest BCUT2D eigenvalue weighted by atomic mass is 16.4. The van der Waals surface area contributed by atoms with E-state index < -0.39 is 18.2 Å². The van der Waals surface area contributed by atoms with Crippen molar-refractivity contribution in [1.29, 1.82) is 0 Å². The first-order valence-electron chi connectivity index (χ1n) is 10.4. The van der Waals surface area contributed by atoms with Crippen molar-refractivity contribution in [2.24, 2.45) is 0 Å². The van der Waals surface area contributed by atoms with E-state index in [1.54, 1.807) is 0 Å². The SMILES string of the molecule is CCCCCCCC(=O)CCC1=C(C/C=C\CCCC(=O)O)[C@@H](O)C[C@H]1O.